The molecule has 0 aliphatic carbocycles. The second kappa shape index (κ2) is 11.4. The fourth-order valence-corrected chi connectivity index (χ4v) is 6.04. The minimum absolute atomic E-state index is 0.00465. The number of amides is 1. The predicted molar refractivity (Wildman–Crippen MR) is 138 cm³/mol. The molecule has 1 unspecified atom stereocenters. The van der Waals surface area contributed by atoms with Gasteiger partial charge in [0.25, 0.3) is 11.8 Å². The molecule has 3 aromatic rings. The molecule has 0 saturated carbocycles. The highest BCUT2D eigenvalue weighted by molar-refractivity contribution is 7.99. The van der Waals surface area contributed by atoms with Crippen molar-refractivity contribution in [3.8, 4) is 11.1 Å². The molecule has 3 rings (SSSR count). The number of ether oxygens (including phenoxy) is 1. The molecule has 1 amide bonds. The quantitative estimate of drug-likeness (QED) is 0.239. The van der Waals surface area contributed by atoms with E-state index < -0.39 is 5.92 Å². The van der Waals surface area contributed by atoms with Crippen molar-refractivity contribution >= 4 is 35.0 Å². The normalized spacial score (nSPS) is 12.3. The highest BCUT2D eigenvalue weighted by Crippen LogP contribution is 2.41. The van der Waals surface area contributed by atoms with E-state index in [4.69, 9.17) is 0 Å². The van der Waals surface area contributed by atoms with Crippen LogP contribution in [-0.4, -0.2) is 25.5 Å². The number of nitrogens with one attached hydrogen (secondary N) is 1. The van der Waals surface area contributed by atoms with Gasteiger partial charge in [-0.25, -0.2) is 8.78 Å². The van der Waals surface area contributed by atoms with Crippen LogP contribution in [0.4, 0.5) is 8.78 Å². The molecule has 0 bridgehead atoms. The zero-order valence-electron chi connectivity index (χ0n) is 20.4. The van der Waals surface area contributed by atoms with Gasteiger partial charge in [0, 0.05) is 34.1 Å². The van der Waals surface area contributed by atoms with Gasteiger partial charge in [-0.2, -0.15) is 0 Å². The minimum Gasteiger partial charge on any atom is -0.469 e. The Bertz CT molecular complexity index is 1180. The van der Waals surface area contributed by atoms with Crippen LogP contribution in [0.25, 0.3) is 11.1 Å². The summed E-state index contributed by atoms with van der Waals surface area (Å²) in [5.41, 5.74) is 4.12. The lowest BCUT2D eigenvalue weighted by molar-refractivity contribution is -0.140. The number of hydrogen-bond acceptors (Lipinski definition) is 5. The number of esters is 1. The lowest BCUT2D eigenvalue weighted by Crippen LogP contribution is -2.25. The van der Waals surface area contributed by atoms with Gasteiger partial charge in [0.05, 0.1) is 18.4 Å². The molecular weight excluding hydrogens is 488 g/mol. The first-order valence-corrected chi connectivity index (χ1v) is 12.9. The van der Waals surface area contributed by atoms with Gasteiger partial charge in [0.1, 0.15) is 0 Å². The summed E-state index contributed by atoms with van der Waals surface area (Å²) in [6.45, 7) is 7.29. The van der Waals surface area contributed by atoms with E-state index in [1.807, 2.05) is 19.9 Å². The number of thiophene rings is 1. The molecule has 1 N–H and O–H groups in total. The number of halogens is 2. The second-order valence-corrected chi connectivity index (χ2v) is 11.0. The van der Waals surface area contributed by atoms with Crippen LogP contribution in [0.5, 0.6) is 0 Å². The Labute approximate surface area is 213 Å². The first-order chi connectivity index (χ1) is 16.5. The highest BCUT2D eigenvalue weighted by Gasteiger charge is 2.24. The standard InChI is InChI=1S/C27H29F2NO3S2/c1-16-14-21(15-17(2)25(16)19-6-8-20(9-7-19)27(4,28)29)34-18(3)22-10-11-23(35-22)26(32)30-13-12-24(31)33-5/h6-11,14-15,18H,12-13H2,1-5H3,(H,30,32). The number of benzene rings is 2. The summed E-state index contributed by atoms with van der Waals surface area (Å²) in [7, 11) is 1.32. The SMILES string of the molecule is COC(=O)CCNC(=O)c1ccc(C(C)Sc2cc(C)c(-c3ccc(C(C)(F)F)cc3)c(C)c2)s1. The number of methoxy groups -OCH3 is 1. The average Bonchev–Trinajstić information content (AvgIpc) is 3.29. The number of rotatable bonds is 9. The molecule has 0 radical (unpaired) electrons. The lowest BCUT2D eigenvalue weighted by atomic mass is 9.94. The third-order valence-electron chi connectivity index (χ3n) is 5.59. The molecule has 0 fully saturated rings. The molecule has 0 aliphatic heterocycles. The van der Waals surface area contributed by atoms with Gasteiger partial charge in [-0.3, -0.25) is 9.59 Å². The number of alkyl halides is 2. The first-order valence-electron chi connectivity index (χ1n) is 11.2. The van der Waals surface area contributed by atoms with Crippen LogP contribution in [0, 0.1) is 13.8 Å². The fourth-order valence-electron chi connectivity index (χ4n) is 3.80. The maximum atomic E-state index is 13.6. The Morgan fingerprint density at radius 1 is 1.09 bits per heavy atom. The van der Waals surface area contributed by atoms with Crippen LogP contribution < -0.4 is 5.32 Å². The summed E-state index contributed by atoms with van der Waals surface area (Å²) in [4.78, 5) is 26.3. The molecule has 0 saturated heterocycles. The summed E-state index contributed by atoms with van der Waals surface area (Å²) in [6, 6.07) is 14.4. The van der Waals surface area contributed by atoms with E-state index in [1.54, 1.807) is 30.0 Å². The topological polar surface area (TPSA) is 55.4 Å². The Morgan fingerprint density at radius 2 is 1.71 bits per heavy atom. The number of thioether (sulfide) groups is 1. The highest BCUT2D eigenvalue weighted by atomic mass is 32.2. The van der Waals surface area contributed by atoms with E-state index in [-0.39, 0.29) is 35.7 Å². The second-order valence-electron chi connectivity index (χ2n) is 8.44. The third kappa shape index (κ3) is 6.92. The molecule has 2 aromatic carbocycles. The number of carbonyl (C=O) groups excluding carboxylic acids is 2. The van der Waals surface area contributed by atoms with Crippen molar-refractivity contribution in [2.75, 3.05) is 13.7 Å². The van der Waals surface area contributed by atoms with Crippen molar-refractivity contribution in [2.45, 2.75) is 50.2 Å². The number of carbonyl (C=O) groups is 2. The average molecular weight is 518 g/mol. The van der Waals surface area contributed by atoms with E-state index in [9.17, 15) is 18.4 Å². The van der Waals surface area contributed by atoms with Gasteiger partial charge in [0.15, 0.2) is 0 Å². The van der Waals surface area contributed by atoms with Gasteiger partial charge in [-0.1, -0.05) is 24.3 Å². The lowest BCUT2D eigenvalue weighted by Gasteiger charge is -2.16. The van der Waals surface area contributed by atoms with Crippen LogP contribution >= 0.6 is 23.1 Å². The molecule has 4 nitrogen and oxygen atoms in total. The van der Waals surface area contributed by atoms with Crippen LogP contribution in [0.3, 0.4) is 0 Å². The summed E-state index contributed by atoms with van der Waals surface area (Å²) in [5, 5.41) is 2.87. The van der Waals surface area contributed by atoms with Crippen molar-refractivity contribution in [3.05, 3.63) is 75.0 Å². The molecule has 35 heavy (non-hydrogen) atoms. The van der Waals surface area contributed by atoms with E-state index in [2.05, 4.69) is 29.1 Å². The zero-order chi connectivity index (χ0) is 25.8. The van der Waals surface area contributed by atoms with Gasteiger partial charge < -0.3 is 10.1 Å². The molecular formula is C27H29F2NO3S2. The van der Waals surface area contributed by atoms with Gasteiger partial charge >= 0.3 is 5.97 Å². The molecule has 1 aromatic heterocycles. The number of aryl methyl sites for hydroxylation is 2. The summed E-state index contributed by atoms with van der Waals surface area (Å²) in [6.07, 6.45) is 0.136. The molecule has 1 heterocycles. The summed E-state index contributed by atoms with van der Waals surface area (Å²) in [5.74, 6) is -3.42. The van der Waals surface area contributed by atoms with E-state index >= 15 is 0 Å². The Balaban J connectivity index is 1.69. The first kappa shape index (κ1) is 26.9. The van der Waals surface area contributed by atoms with Crippen LogP contribution in [0.15, 0.2) is 53.4 Å². The van der Waals surface area contributed by atoms with E-state index in [0.29, 0.717) is 4.88 Å². The summed E-state index contributed by atoms with van der Waals surface area (Å²) >= 11 is 3.14. The van der Waals surface area contributed by atoms with Crippen molar-refractivity contribution in [3.63, 3.8) is 0 Å². The molecule has 8 heteroatoms. The van der Waals surface area contributed by atoms with Crippen molar-refractivity contribution in [1.29, 1.82) is 0 Å². The Kier molecular flexibility index (Phi) is 8.72. The van der Waals surface area contributed by atoms with Crippen molar-refractivity contribution in [1.82, 2.24) is 5.32 Å². The Hall–Kier alpha value is -2.71. The number of hydrogen-bond donors (Lipinski definition) is 1. The largest absolute Gasteiger partial charge is 0.469 e. The third-order valence-corrected chi connectivity index (χ3v) is 8.12. The van der Waals surface area contributed by atoms with Gasteiger partial charge in [-0.05, 0) is 67.3 Å². The van der Waals surface area contributed by atoms with Crippen molar-refractivity contribution < 1.29 is 23.1 Å². The fraction of sp³-hybridized carbons (Fsp3) is 0.333. The maximum Gasteiger partial charge on any atom is 0.307 e. The minimum atomic E-state index is -2.86. The van der Waals surface area contributed by atoms with E-state index in [0.717, 1.165) is 39.0 Å². The summed E-state index contributed by atoms with van der Waals surface area (Å²) < 4.78 is 31.7. The molecule has 0 aliphatic rings. The smallest absolute Gasteiger partial charge is 0.307 e. The molecule has 186 valence electrons. The van der Waals surface area contributed by atoms with Gasteiger partial charge in [0.2, 0.25) is 0 Å². The van der Waals surface area contributed by atoms with Crippen LogP contribution in [0.2, 0.25) is 0 Å². The zero-order valence-corrected chi connectivity index (χ0v) is 22.0. The van der Waals surface area contributed by atoms with Crippen molar-refractivity contribution in [2.24, 2.45) is 0 Å². The maximum absolute atomic E-state index is 13.6. The molecule has 1 atom stereocenters. The predicted octanol–water partition coefficient (Wildman–Crippen LogP) is 7.29. The Morgan fingerprint density at radius 3 is 2.29 bits per heavy atom. The molecule has 0 spiro atoms. The van der Waals surface area contributed by atoms with E-state index in [1.165, 1.54) is 30.6 Å². The monoisotopic (exact) mass is 517 g/mol. The van der Waals surface area contributed by atoms with Crippen LogP contribution in [0.1, 0.15) is 56.8 Å². The van der Waals surface area contributed by atoms with Crippen LogP contribution in [-0.2, 0) is 15.5 Å². The van der Waals surface area contributed by atoms with Gasteiger partial charge in [-0.15, -0.1) is 23.1 Å².